The van der Waals surface area contributed by atoms with Gasteiger partial charge in [0.05, 0.1) is 11.1 Å². The van der Waals surface area contributed by atoms with Crippen LogP contribution in [0.1, 0.15) is 52.6 Å². The van der Waals surface area contributed by atoms with Crippen molar-refractivity contribution in [3.8, 4) is 11.5 Å². The summed E-state index contributed by atoms with van der Waals surface area (Å²) in [5.41, 5.74) is 2.89. The summed E-state index contributed by atoms with van der Waals surface area (Å²) < 4.78 is 12.2. The number of fused-ring (bicyclic) bond motifs is 1. The number of carbonyl (C=O) groups is 2. The number of ether oxygens (including phenoxy) is 2. The van der Waals surface area contributed by atoms with Gasteiger partial charge in [-0.1, -0.05) is 61.0 Å². The Hall–Kier alpha value is -3.18. The molecule has 4 rings (SSSR count). The van der Waals surface area contributed by atoms with E-state index >= 15 is 0 Å². The van der Waals surface area contributed by atoms with Gasteiger partial charge in [0.2, 0.25) is 5.78 Å². The van der Waals surface area contributed by atoms with E-state index in [4.69, 9.17) is 9.47 Å². The highest BCUT2D eigenvalue weighted by molar-refractivity contribution is 9.10. The number of ketones is 1. The first kappa shape index (κ1) is 21.1. The predicted molar refractivity (Wildman–Crippen MR) is 124 cm³/mol. The molecule has 3 aromatic rings. The van der Waals surface area contributed by atoms with Crippen LogP contribution >= 0.6 is 15.9 Å². The molecule has 5 heteroatoms. The third-order valence-corrected chi connectivity index (χ3v) is 5.48. The molecule has 4 nitrogen and oxygen atoms in total. The maximum absolute atomic E-state index is 12.6. The quantitative estimate of drug-likeness (QED) is 0.243. The van der Waals surface area contributed by atoms with E-state index in [0.29, 0.717) is 22.6 Å². The van der Waals surface area contributed by atoms with Crippen LogP contribution in [-0.2, 0) is 5.41 Å². The van der Waals surface area contributed by atoms with Crippen LogP contribution in [0.15, 0.2) is 77.0 Å². The van der Waals surface area contributed by atoms with Gasteiger partial charge in [0, 0.05) is 10.5 Å². The summed E-state index contributed by atoms with van der Waals surface area (Å²) in [4.78, 5) is 25.2. The zero-order valence-electron chi connectivity index (χ0n) is 17.4. The van der Waals surface area contributed by atoms with Gasteiger partial charge < -0.3 is 9.47 Å². The Morgan fingerprint density at radius 2 is 1.74 bits per heavy atom. The average Bonchev–Trinajstić information content (AvgIpc) is 3.02. The Morgan fingerprint density at radius 1 is 1.00 bits per heavy atom. The molecule has 0 saturated carbocycles. The van der Waals surface area contributed by atoms with Crippen molar-refractivity contribution in [3.63, 3.8) is 0 Å². The average molecular weight is 477 g/mol. The van der Waals surface area contributed by atoms with Gasteiger partial charge in [-0.2, -0.15) is 0 Å². The van der Waals surface area contributed by atoms with E-state index in [-0.39, 0.29) is 17.0 Å². The van der Waals surface area contributed by atoms with Crippen LogP contribution in [0.2, 0.25) is 0 Å². The maximum atomic E-state index is 12.6. The molecule has 31 heavy (non-hydrogen) atoms. The van der Waals surface area contributed by atoms with E-state index in [1.54, 1.807) is 36.4 Å². The summed E-state index contributed by atoms with van der Waals surface area (Å²) in [6.07, 6.45) is 1.69. The second kappa shape index (κ2) is 8.16. The molecule has 0 atom stereocenters. The maximum Gasteiger partial charge on any atom is 0.343 e. The summed E-state index contributed by atoms with van der Waals surface area (Å²) in [5, 5.41) is 0. The Balaban J connectivity index is 1.51. The number of carbonyl (C=O) groups excluding carboxylic acids is 2. The number of hydrogen-bond donors (Lipinski definition) is 0. The number of benzene rings is 3. The Morgan fingerprint density at radius 3 is 2.42 bits per heavy atom. The second-order valence-electron chi connectivity index (χ2n) is 8.37. The lowest BCUT2D eigenvalue weighted by atomic mass is 9.87. The van der Waals surface area contributed by atoms with Gasteiger partial charge in [-0.15, -0.1) is 0 Å². The molecule has 0 aliphatic carbocycles. The fourth-order valence-corrected chi connectivity index (χ4v) is 3.67. The molecule has 1 aliphatic heterocycles. The highest BCUT2D eigenvalue weighted by Gasteiger charge is 2.28. The normalized spacial score (nSPS) is 14.3. The lowest BCUT2D eigenvalue weighted by Gasteiger charge is -2.18. The van der Waals surface area contributed by atoms with Crippen LogP contribution in [0.5, 0.6) is 11.5 Å². The predicted octanol–water partition coefficient (Wildman–Crippen LogP) is 6.58. The molecule has 0 unspecified atom stereocenters. The Bertz CT molecular complexity index is 1200. The summed E-state index contributed by atoms with van der Waals surface area (Å²) in [7, 11) is 0. The molecule has 156 valence electrons. The number of hydrogen-bond acceptors (Lipinski definition) is 4. The van der Waals surface area contributed by atoms with Crippen LogP contribution in [0.25, 0.3) is 6.08 Å². The van der Waals surface area contributed by atoms with E-state index in [9.17, 15) is 9.59 Å². The third-order valence-electron chi connectivity index (χ3n) is 4.99. The SMILES string of the molecule is CC(C)(C)c1ccc(C(=O)Oc2ccc3c(c2)OC(=Cc2cccc(Br)c2)C3=O)cc1. The Labute approximate surface area is 189 Å². The molecule has 0 saturated heterocycles. The summed E-state index contributed by atoms with van der Waals surface area (Å²) in [5.74, 6) is 0.259. The number of esters is 1. The minimum atomic E-state index is -0.463. The molecule has 1 heterocycles. The fourth-order valence-electron chi connectivity index (χ4n) is 3.25. The number of rotatable bonds is 3. The van der Waals surface area contributed by atoms with E-state index in [1.807, 2.05) is 36.4 Å². The largest absolute Gasteiger partial charge is 0.452 e. The van der Waals surface area contributed by atoms with Crippen molar-refractivity contribution in [2.45, 2.75) is 26.2 Å². The van der Waals surface area contributed by atoms with E-state index < -0.39 is 5.97 Å². The van der Waals surface area contributed by atoms with Gasteiger partial charge in [-0.05, 0) is 59.0 Å². The van der Waals surface area contributed by atoms with Crippen molar-refractivity contribution >= 4 is 33.8 Å². The molecule has 3 aromatic carbocycles. The molecule has 0 radical (unpaired) electrons. The molecule has 0 aromatic heterocycles. The van der Waals surface area contributed by atoms with Crippen molar-refractivity contribution in [3.05, 3.63) is 99.2 Å². The molecule has 0 bridgehead atoms. The molecule has 0 spiro atoms. The van der Waals surface area contributed by atoms with Crippen molar-refractivity contribution in [2.75, 3.05) is 0 Å². The molecule has 0 amide bonds. The van der Waals surface area contributed by atoms with Gasteiger partial charge in [0.25, 0.3) is 0 Å². The molecular formula is C26H21BrO4. The first-order valence-corrected chi connectivity index (χ1v) is 10.7. The van der Waals surface area contributed by atoms with Crippen molar-refractivity contribution in [1.29, 1.82) is 0 Å². The minimum Gasteiger partial charge on any atom is -0.452 e. The van der Waals surface area contributed by atoms with Crippen LogP contribution < -0.4 is 9.47 Å². The summed E-state index contributed by atoms with van der Waals surface area (Å²) in [6, 6.07) is 19.7. The number of allylic oxidation sites excluding steroid dienone is 1. The molecule has 1 aliphatic rings. The van der Waals surface area contributed by atoms with E-state index in [2.05, 4.69) is 36.7 Å². The zero-order valence-corrected chi connectivity index (χ0v) is 19.0. The second-order valence-corrected chi connectivity index (χ2v) is 9.29. The van der Waals surface area contributed by atoms with Gasteiger partial charge in [0.15, 0.2) is 5.76 Å². The van der Waals surface area contributed by atoms with Crippen LogP contribution in [0.3, 0.4) is 0 Å². The van der Waals surface area contributed by atoms with Crippen molar-refractivity contribution < 1.29 is 19.1 Å². The summed E-state index contributed by atoms with van der Waals surface area (Å²) >= 11 is 3.42. The van der Waals surface area contributed by atoms with E-state index in [0.717, 1.165) is 15.6 Å². The standard InChI is InChI=1S/C26H21BrO4/c1-26(2,3)18-9-7-17(8-10-18)25(29)30-20-11-12-21-22(15-20)31-23(24(21)28)14-16-5-4-6-19(27)13-16/h4-15H,1-3H3. The van der Waals surface area contributed by atoms with Gasteiger partial charge >= 0.3 is 5.97 Å². The zero-order chi connectivity index (χ0) is 22.2. The fraction of sp³-hybridized carbons (Fsp3) is 0.154. The van der Waals surface area contributed by atoms with Gasteiger partial charge in [-0.25, -0.2) is 4.79 Å². The topological polar surface area (TPSA) is 52.6 Å². The van der Waals surface area contributed by atoms with Crippen LogP contribution in [0, 0.1) is 0 Å². The third kappa shape index (κ3) is 4.62. The lowest BCUT2D eigenvalue weighted by Crippen LogP contribution is -2.12. The monoisotopic (exact) mass is 476 g/mol. The van der Waals surface area contributed by atoms with Crippen molar-refractivity contribution in [2.24, 2.45) is 0 Å². The smallest absolute Gasteiger partial charge is 0.343 e. The number of halogens is 1. The van der Waals surface area contributed by atoms with Crippen LogP contribution in [-0.4, -0.2) is 11.8 Å². The Kier molecular flexibility index (Phi) is 5.54. The van der Waals surface area contributed by atoms with Crippen molar-refractivity contribution in [1.82, 2.24) is 0 Å². The molecular weight excluding hydrogens is 456 g/mol. The lowest BCUT2D eigenvalue weighted by molar-refractivity contribution is 0.0734. The summed E-state index contributed by atoms with van der Waals surface area (Å²) in [6.45, 7) is 6.35. The van der Waals surface area contributed by atoms with Crippen LogP contribution in [0.4, 0.5) is 0 Å². The first-order valence-electron chi connectivity index (χ1n) is 9.87. The van der Waals surface area contributed by atoms with Gasteiger partial charge in [-0.3, -0.25) is 4.79 Å². The van der Waals surface area contributed by atoms with Gasteiger partial charge in [0.1, 0.15) is 11.5 Å². The van der Waals surface area contributed by atoms with E-state index in [1.165, 1.54) is 0 Å². The molecule has 0 N–H and O–H groups in total. The molecule has 0 fully saturated rings. The first-order chi connectivity index (χ1) is 14.7. The number of Topliss-reactive ketones (excluding diaryl/α,β-unsaturated/α-hetero) is 1. The highest BCUT2D eigenvalue weighted by Crippen LogP contribution is 2.35. The minimum absolute atomic E-state index is 0.00729. The highest BCUT2D eigenvalue weighted by atomic mass is 79.9.